The molecule has 0 atom stereocenters. The highest BCUT2D eigenvalue weighted by Gasteiger charge is 2.12. The van der Waals surface area contributed by atoms with Crippen LogP contribution < -0.4 is 16.0 Å². The van der Waals surface area contributed by atoms with E-state index >= 15 is 0 Å². The highest BCUT2D eigenvalue weighted by atomic mass is 32.1. The van der Waals surface area contributed by atoms with Gasteiger partial charge in [-0.1, -0.05) is 18.2 Å². The number of hydrogen-bond acceptors (Lipinski definition) is 5. The molecule has 2 rings (SSSR count). The number of nitrogens with one attached hydrogen (secondary N) is 1. The summed E-state index contributed by atoms with van der Waals surface area (Å²) < 4.78 is 5.18. The molecule has 1 aromatic carbocycles. The zero-order valence-corrected chi connectivity index (χ0v) is 12.1. The molecule has 2 aromatic rings. The van der Waals surface area contributed by atoms with Crippen LogP contribution in [0, 0.1) is 0 Å². The van der Waals surface area contributed by atoms with Crippen LogP contribution in [0.3, 0.4) is 0 Å². The van der Waals surface area contributed by atoms with Gasteiger partial charge in [-0.25, -0.2) is 5.48 Å². The third kappa shape index (κ3) is 3.80. The molecule has 1 heterocycles. The Morgan fingerprint density at radius 2 is 2.10 bits per heavy atom. The average molecular weight is 306 g/mol. The van der Waals surface area contributed by atoms with Crippen molar-refractivity contribution in [1.29, 1.82) is 0 Å². The molecule has 3 N–H and O–H groups in total. The van der Waals surface area contributed by atoms with E-state index in [1.165, 1.54) is 11.4 Å². The number of hydrogen-bond donors (Lipinski definition) is 2. The van der Waals surface area contributed by atoms with E-state index in [1.807, 2.05) is 18.2 Å². The fourth-order valence-electron chi connectivity index (χ4n) is 1.64. The first-order chi connectivity index (χ1) is 10.1. The minimum atomic E-state index is -0.569. The van der Waals surface area contributed by atoms with Crippen molar-refractivity contribution in [2.24, 2.45) is 5.73 Å². The molecule has 110 valence electrons. The molecule has 0 fully saturated rings. The van der Waals surface area contributed by atoms with Crippen molar-refractivity contribution in [1.82, 2.24) is 5.48 Å². The summed E-state index contributed by atoms with van der Waals surface area (Å²) in [7, 11) is 1.56. The second-order valence-electron chi connectivity index (χ2n) is 4.10. The largest absolute Gasteiger partial charge is 0.496 e. The van der Waals surface area contributed by atoms with Gasteiger partial charge in [0.25, 0.3) is 5.91 Å². The smallest absolute Gasteiger partial charge is 0.284 e. The van der Waals surface area contributed by atoms with Gasteiger partial charge in [0.05, 0.1) is 17.6 Å². The molecule has 0 bridgehead atoms. The Kier molecular flexibility index (Phi) is 4.91. The Hall–Kier alpha value is -2.38. The summed E-state index contributed by atoms with van der Waals surface area (Å²) in [4.78, 5) is 28.3. The molecule has 0 saturated carbocycles. The standard InChI is InChI=1S/C14H14N2O4S/c1-19-11-5-3-2-4-9(11)7-20-16-14(18)12-6-10(8-21-12)13(15)17/h2-6,8H,7H2,1H3,(H2,15,17)(H,16,18). The van der Waals surface area contributed by atoms with Crippen molar-refractivity contribution in [3.63, 3.8) is 0 Å². The van der Waals surface area contributed by atoms with Crippen LogP contribution in [-0.2, 0) is 11.4 Å². The zero-order valence-electron chi connectivity index (χ0n) is 11.3. The molecule has 0 aliphatic carbocycles. The van der Waals surface area contributed by atoms with Crippen LogP contribution >= 0.6 is 11.3 Å². The van der Waals surface area contributed by atoms with E-state index in [0.29, 0.717) is 16.2 Å². The number of nitrogens with two attached hydrogens (primary N) is 1. The number of carbonyl (C=O) groups is 2. The number of carbonyl (C=O) groups excluding carboxylic acids is 2. The van der Waals surface area contributed by atoms with E-state index in [4.69, 9.17) is 15.3 Å². The van der Waals surface area contributed by atoms with Gasteiger partial charge in [-0.2, -0.15) is 0 Å². The van der Waals surface area contributed by atoms with E-state index in [2.05, 4.69) is 5.48 Å². The predicted octanol–water partition coefficient (Wildman–Crippen LogP) is 1.72. The first-order valence-corrected chi connectivity index (χ1v) is 6.92. The van der Waals surface area contributed by atoms with Crippen LogP contribution in [0.25, 0.3) is 0 Å². The van der Waals surface area contributed by atoms with Gasteiger partial charge in [0.1, 0.15) is 12.4 Å². The van der Waals surface area contributed by atoms with Crippen LogP contribution in [0.5, 0.6) is 5.75 Å². The maximum absolute atomic E-state index is 11.8. The maximum atomic E-state index is 11.8. The quantitative estimate of drug-likeness (QED) is 0.795. The molecule has 0 saturated heterocycles. The molecule has 6 nitrogen and oxygen atoms in total. The van der Waals surface area contributed by atoms with E-state index in [9.17, 15) is 9.59 Å². The summed E-state index contributed by atoms with van der Waals surface area (Å²) in [5.41, 5.74) is 8.55. The third-order valence-electron chi connectivity index (χ3n) is 2.69. The molecule has 0 radical (unpaired) electrons. The fraction of sp³-hybridized carbons (Fsp3) is 0.143. The molecule has 1 aromatic heterocycles. The van der Waals surface area contributed by atoms with Gasteiger partial charge in [0.15, 0.2) is 0 Å². The van der Waals surface area contributed by atoms with Crippen LogP contribution in [0.15, 0.2) is 35.7 Å². The number of benzene rings is 1. The number of amides is 2. The summed E-state index contributed by atoms with van der Waals surface area (Å²) in [6.45, 7) is 0.170. The highest BCUT2D eigenvalue weighted by Crippen LogP contribution is 2.18. The first kappa shape index (κ1) is 15.0. The van der Waals surface area contributed by atoms with Crippen LogP contribution in [0.4, 0.5) is 0 Å². The maximum Gasteiger partial charge on any atom is 0.284 e. The number of ether oxygens (including phenoxy) is 1. The Labute approximate surface area is 125 Å². The van der Waals surface area contributed by atoms with Gasteiger partial charge in [-0.3, -0.25) is 14.4 Å². The number of para-hydroxylation sites is 1. The molecule has 2 amide bonds. The van der Waals surface area contributed by atoms with Crippen molar-refractivity contribution < 1.29 is 19.2 Å². The van der Waals surface area contributed by atoms with Gasteiger partial charge in [-0.05, 0) is 12.1 Å². The lowest BCUT2D eigenvalue weighted by Gasteiger charge is -2.08. The zero-order chi connectivity index (χ0) is 15.2. The summed E-state index contributed by atoms with van der Waals surface area (Å²) in [6.07, 6.45) is 0. The molecular weight excluding hydrogens is 292 g/mol. The van der Waals surface area contributed by atoms with Crippen LogP contribution in [0.1, 0.15) is 25.6 Å². The molecule has 0 unspecified atom stereocenters. The van der Waals surface area contributed by atoms with E-state index < -0.39 is 11.8 Å². The number of rotatable bonds is 6. The number of hydroxylamine groups is 1. The normalized spacial score (nSPS) is 10.1. The van der Waals surface area contributed by atoms with Crippen molar-refractivity contribution in [3.8, 4) is 5.75 Å². The lowest BCUT2D eigenvalue weighted by molar-refractivity contribution is 0.0230. The van der Waals surface area contributed by atoms with E-state index in [-0.39, 0.29) is 6.61 Å². The minimum Gasteiger partial charge on any atom is -0.496 e. The monoisotopic (exact) mass is 306 g/mol. The first-order valence-electron chi connectivity index (χ1n) is 6.04. The van der Waals surface area contributed by atoms with Crippen LogP contribution in [-0.4, -0.2) is 18.9 Å². The van der Waals surface area contributed by atoms with Gasteiger partial charge < -0.3 is 10.5 Å². The number of methoxy groups -OCH3 is 1. The highest BCUT2D eigenvalue weighted by molar-refractivity contribution is 7.12. The Balaban J connectivity index is 1.90. The third-order valence-corrected chi connectivity index (χ3v) is 3.62. The molecule has 7 heteroatoms. The number of thiophene rings is 1. The van der Waals surface area contributed by atoms with Crippen molar-refractivity contribution in [2.75, 3.05) is 7.11 Å². The average Bonchev–Trinajstić information content (AvgIpc) is 2.98. The summed E-state index contributed by atoms with van der Waals surface area (Å²) in [6, 6.07) is 8.76. The fourth-order valence-corrected chi connectivity index (χ4v) is 2.42. The topological polar surface area (TPSA) is 90.7 Å². The molecule has 0 spiro atoms. The number of primary amides is 1. The SMILES string of the molecule is COc1ccccc1CONC(=O)c1cc(C(N)=O)cs1. The van der Waals surface area contributed by atoms with E-state index in [0.717, 1.165) is 16.9 Å². The Morgan fingerprint density at radius 3 is 2.76 bits per heavy atom. The Bertz CT molecular complexity index is 654. The van der Waals surface area contributed by atoms with Crippen molar-refractivity contribution in [2.45, 2.75) is 6.61 Å². The second kappa shape index (κ2) is 6.87. The van der Waals surface area contributed by atoms with Gasteiger partial charge in [0, 0.05) is 10.9 Å². The summed E-state index contributed by atoms with van der Waals surface area (Å²) >= 11 is 1.12. The lowest BCUT2D eigenvalue weighted by atomic mass is 10.2. The van der Waals surface area contributed by atoms with Crippen molar-refractivity contribution in [3.05, 3.63) is 51.7 Å². The Morgan fingerprint density at radius 1 is 1.33 bits per heavy atom. The minimum absolute atomic E-state index is 0.170. The molecular formula is C14H14N2O4S. The van der Waals surface area contributed by atoms with E-state index in [1.54, 1.807) is 13.2 Å². The van der Waals surface area contributed by atoms with Crippen LogP contribution in [0.2, 0.25) is 0 Å². The van der Waals surface area contributed by atoms with Gasteiger partial charge in [-0.15, -0.1) is 11.3 Å². The molecule has 0 aliphatic heterocycles. The summed E-state index contributed by atoms with van der Waals surface area (Å²) in [5.74, 6) is -0.318. The second-order valence-corrected chi connectivity index (χ2v) is 5.01. The lowest BCUT2D eigenvalue weighted by Crippen LogP contribution is -2.22. The molecule has 0 aliphatic rings. The molecule has 21 heavy (non-hydrogen) atoms. The van der Waals surface area contributed by atoms with Crippen molar-refractivity contribution >= 4 is 23.2 Å². The van der Waals surface area contributed by atoms with Gasteiger partial charge >= 0.3 is 0 Å². The summed E-state index contributed by atoms with van der Waals surface area (Å²) in [5, 5.41) is 1.53. The van der Waals surface area contributed by atoms with Gasteiger partial charge in [0.2, 0.25) is 5.91 Å². The predicted molar refractivity (Wildman–Crippen MR) is 78.1 cm³/mol.